The minimum Gasteiger partial charge on any atom is -0.359 e. The first kappa shape index (κ1) is 12.5. The van der Waals surface area contributed by atoms with Gasteiger partial charge in [-0.2, -0.15) is 0 Å². The van der Waals surface area contributed by atoms with E-state index in [1.54, 1.807) is 7.05 Å². The summed E-state index contributed by atoms with van der Waals surface area (Å²) in [5.74, 6) is 2.08. The first-order valence-corrected chi connectivity index (χ1v) is 8.16. The monoisotopic (exact) mass is 289 g/mol. The largest absolute Gasteiger partial charge is 0.359 e. The fourth-order valence-electron chi connectivity index (χ4n) is 5.71. The van der Waals surface area contributed by atoms with E-state index in [4.69, 9.17) is 0 Å². The van der Waals surface area contributed by atoms with Gasteiger partial charge in [0.1, 0.15) is 0 Å². The van der Waals surface area contributed by atoms with E-state index in [0.717, 1.165) is 6.42 Å². The molecule has 0 aliphatic heterocycles. The molecule has 1 N–H and O–H groups in total. The van der Waals surface area contributed by atoms with Crippen LogP contribution in [0.15, 0.2) is 54.6 Å². The molecule has 0 heterocycles. The van der Waals surface area contributed by atoms with Gasteiger partial charge < -0.3 is 5.32 Å². The van der Waals surface area contributed by atoms with Gasteiger partial charge in [0.15, 0.2) is 0 Å². The molecule has 22 heavy (non-hydrogen) atoms. The Balaban J connectivity index is 1.68. The molecule has 110 valence electrons. The number of hydrogen-bond acceptors (Lipinski definition) is 1. The van der Waals surface area contributed by atoms with Crippen LogP contribution < -0.4 is 5.32 Å². The molecular formula is C20H19NO. The zero-order valence-electron chi connectivity index (χ0n) is 12.6. The Morgan fingerprint density at radius 2 is 1.73 bits per heavy atom. The molecule has 5 rings (SSSR count). The number of rotatable bonds is 2. The molecule has 5 atom stereocenters. The van der Waals surface area contributed by atoms with E-state index in [2.05, 4.69) is 59.9 Å². The second-order valence-corrected chi connectivity index (χ2v) is 6.95. The Hall–Kier alpha value is -2.09. The lowest BCUT2D eigenvalue weighted by atomic mass is 9.80. The van der Waals surface area contributed by atoms with Crippen LogP contribution in [0.3, 0.4) is 0 Å². The van der Waals surface area contributed by atoms with Crippen LogP contribution in [0.4, 0.5) is 0 Å². The second kappa shape index (κ2) is 4.01. The Labute approximate surface area is 130 Å². The van der Waals surface area contributed by atoms with Crippen molar-refractivity contribution < 1.29 is 4.79 Å². The molecule has 2 heteroatoms. The van der Waals surface area contributed by atoms with E-state index in [0.29, 0.717) is 23.7 Å². The number of hydrogen-bond donors (Lipinski definition) is 1. The normalized spacial score (nSPS) is 36.6. The van der Waals surface area contributed by atoms with Crippen molar-refractivity contribution in [2.24, 2.45) is 11.3 Å². The first-order chi connectivity index (χ1) is 10.8. The second-order valence-electron chi connectivity index (χ2n) is 6.95. The molecule has 2 nitrogen and oxygen atoms in total. The zero-order valence-corrected chi connectivity index (χ0v) is 12.6. The van der Waals surface area contributed by atoms with Crippen molar-refractivity contribution in [1.29, 1.82) is 0 Å². The predicted molar refractivity (Wildman–Crippen MR) is 85.7 cm³/mol. The summed E-state index contributed by atoms with van der Waals surface area (Å²) in [4.78, 5) is 12.8. The van der Waals surface area contributed by atoms with Crippen LogP contribution in [0, 0.1) is 11.3 Å². The molecule has 1 amide bonds. The highest BCUT2D eigenvalue weighted by Gasteiger charge is 2.81. The van der Waals surface area contributed by atoms with Crippen molar-refractivity contribution in [3.05, 3.63) is 71.3 Å². The van der Waals surface area contributed by atoms with E-state index in [1.165, 1.54) is 16.7 Å². The number of benzene rings is 2. The quantitative estimate of drug-likeness (QED) is 0.902. The average molecular weight is 289 g/mol. The summed E-state index contributed by atoms with van der Waals surface area (Å²) in [6.07, 6.45) is 1.11. The molecule has 2 saturated carbocycles. The van der Waals surface area contributed by atoms with E-state index < -0.39 is 0 Å². The molecule has 0 saturated heterocycles. The van der Waals surface area contributed by atoms with Gasteiger partial charge in [-0.05, 0) is 40.9 Å². The molecule has 2 unspecified atom stereocenters. The van der Waals surface area contributed by atoms with Gasteiger partial charge in [0.2, 0.25) is 5.91 Å². The topological polar surface area (TPSA) is 29.1 Å². The van der Waals surface area contributed by atoms with Crippen molar-refractivity contribution in [2.45, 2.75) is 24.2 Å². The third-order valence-corrected chi connectivity index (χ3v) is 6.37. The van der Waals surface area contributed by atoms with Crippen LogP contribution in [0.1, 0.15) is 40.9 Å². The van der Waals surface area contributed by atoms with Gasteiger partial charge in [0, 0.05) is 13.0 Å². The minimum absolute atomic E-state index is 0.199. The maximum absolute atomic E-state index is 12.8. The number of fused-ring (bicyclic) bond motifs is 4. The highest BCUT2D eigenvalue weighted by molar-refractivity contribution is 5.92. The van der Waals surface area contributed by atoms with E-state index in [1.807, 2.05) is 0 Å². The SMILES string of the molecule is CNC(=O)[C@]12C3c4ccccc4[C@H](C[C@@H]1c1ccccc1)C32. The smallest absolute Gasteiger partial charge is 0.227 e. The minimum atomic E-state index is -0.199. The molecule has 3 aliphatic rings. The zero-order chi connectivity index (χ0) is 14.9. The molecule has 2 aromatic rings. The predicted octanol–water partition coefficient (Wildman–Crippen LogP) is 3.42. The van der Waals surface area contributed by atoms with E-state index in [9.17, 15) is 4.79 Å². The van der Waals surface area contributed by atoms with Crippen LogP contribution in [0.2, 0.25) is 0 Å². The Bertz CT molecular complexity index is 768. The molecule has 0 radical (unpaired) electrons. The molecule has 3 aliphatic carbocycles. The molecule has 2 fully saturated rings. The van der Waals surface area contributed by atoms with Gasteiger partial charge >= 0.3 is 0 Å². The Morgan fingerprint density at radius 1 is 1.05 bits per heavy atom. The van der Waals surface area contributed by atoms with Crippen molar-refractivity contribution in [3.63, 3.8) is 0 Å². The lowest BCUT2D eigenvalue weighted by Gasteiger charge is -2.24. The van der Waals surface area contributed by atoms with Gasteiger partial charge in [-0.25, -0.2) is 0 Å². The number of amides is 1. The highest BCUT2D eigenvalue weighted by Crippen LogP contribution is 2.85. The summed E-state index contributed by atoms with van der Waals surface area (Å²) in [5.41, 5.74) is 4.05. The lowest BCUT2D eigenvalue weighted by Crippen LogP contribution is -2.34. The van der Waals surface area contributed by atoms with Gasteiger partial charge in [0.25, 0.3) is 0 Å². The standard InChI is InChI=1S/C20H19NO/c1-21-19(22)20-16(12-7-3-2-4-8-12)11-15-13-9-5-6-10-14(13)17(20)18(15)20/h2-10,15-18H,11H2,1H3,(H,21,22)/t15-,16+,17?,18?,20-/m0/s1. The summed E-state index contributed by atoms with van der Waals surface area (Å²) in [7, 11) is 1.78. The molecule has 2 aromatic carbocycles. The van der Waals surface area contributed by atoms with Crippen LogP contribution in [0.5, 0.6) is 0 Å². The summed E-state index contributed by atoms with van der Waals surface area (Å²) in [6, 6.07) is 19.4. The van der Waals surface area contributed by atoms with Crippen molar-refractivity contribution in [1.82, 2.24) is 5.32 Å². The highest BCUT2D eigenvalue weighted by atomic mass is 16.2. The third kappa shape index (κ3) is 1.22. The van der Waals surface area contributed by atoms with Crippen LogP contribution >= 0.6 is 0 Å². The maximum Gasteiger partial charge on any atom is 0.227 e. The fourth-order valence-corrected chi connectivity index (χ4v) is 5.71. The number of carbonyl (C=O) groups excluding carboxylic acids is 1. The van der Waals surface area contributed by atoms with Crippen molar-refractivity contribution >= 4 is 5.91 Å². The number of carbonyl (C=O) groups is 1. The van der Waals surface area contributed by atoms with Crippen LogP contribution in [0.25, 0.3) is 0 Å². The van der Waals surface area contributed by atoms with Crippen molar-refractivity contribution in [2.75, 3.05) is 7.05 Å². The summed E-state index contributed by atoms with van der Waals surface area (Å²) < 4.78 is 0. The number of nitrogens with one attached hydrogen (secondary N) is 1. The van der Waals surface area contributed by atoms with Crippen LogP contribution in [-0.4, -0.2) is 13.0 Å². The molecule has 0 aromatic heterocycles. The first-order valence-electron chi connectivity index (χ1n) is 8.16. The summed E-state index contributed by atoms with van der Waals surface area (Å²) >= 11 is 0. The Morgan fingerprint density at radius 3 is 2.45 bits per heavy atom. The summed E-state index contributed by atoms with van der Waals surface area (Å²) in [5, 5.41) is 2.97. The Kier molecular flexibility index (Phi) is 2.27. The lowest BCUT2D eigenvalue weighted by molar-refractivity contribution is -0.126. The van der Waals surface area contributed by atoms with Gasteiger partial charge in [-0.3, -0.25) is 4.79 Å². The molecular weight excluding hydrogens is 270 g/mol. The fraction of sp³-hybridized carbons (Fsp3) is 0.350. The van der Waals surface area contributed by atoms with Crippen LogP contribution in [-0.2, 0) is 4.79 Å². The average Bonchev–Trinajstić information content (AvgIpc) is 3.03. The maximum atomic E-state index is 12.8. The molecule has 0 spiro atoms. The van der Waals surface area contributed by atoms with Crippen molar-refractivity contribution in [3.8, 4) is 0 Å². The van der Waals surface area contributed by atoms with Gasteiger partial charge in [0.05, 0.1) is 5.41 Å². The van der Waals surface area contributed by atoms with E-state index in [-0.39, 0.29) is 11.3 Å². The molecule has 0 bridgehead atoms. The third-order valence-electron chi connectivity index (χ3n) is 6.37. The van der Waals surface area contributed by atoms with Gasteiger partial charge in [-0.1, -0.05) is 54.6 Å². The van der Waals surface area contributed by atoms with E-state index >= 15 is 0 Å². The van der Waals surface area contributed by atoms with Gasteiger partial charge in [-0.15, -0.1) is 0 Å². The summed E-state index contributed by atoms with van der Waals surface area (Å²) in [6.45, 7) is 0.